The van der Waals surface area contributed by atoms with Crippen LogP contribution >= 0.6 is 11.6 Å². The van der Waals surface area contributed by atoms with Crippen molar-refractivity contribution in [1.29, 1.82) is 0 Å². The van der Waals surface area contributed by atoms with E-state index in [-0.39, 0.29) is 40.7 Å². The summed E-state index contributed by atoms with van der Waals surface area (Å²) in [7, 11) is 1.54. The summed E-state index contributed by atoms with van der Waals surface area (Å²) >= 11 is 6.19. The lowest BCUT2D eigenvalue weighted by Crippen LogP contribution is -2.39. The number of alkyl halides is 3. The average molecular weight is 638 g/mol. The van der Waals surface area contributed by atoms with Gasteiger partial charge in [0, 0.05) is 32.5 Å². The first kappa shape index (κ1) is 34.2. The number of nitrogens with zero attached hydrogens (tertiary/aromatic N) is 2. The van der Waals surface area contributed by atoms with Crippen molar-refractivity contribution in [3.05, 3.63) is 75.2 Å². The molecule has 1 unspecified atom stereocenters. The van der Waals surface area contributed by atoms with E-state index in [2.05, 4.69) is 10.6 Å². The second-order valence-corrected chi connectivity index (χ2v) is 11.4. The van der Waals surface area contributed by atoms with Crippen molar-refractivity contribution >= 4 is 35.0 Å². The number of ether oxygens (including phenoxy) is 1. The normalized spacial score (nSPS) is 12.4. The van der Waals surface area contributed by atoms with Crippen LogP contribution < -0.4 is 26.2 Å². The number of para-hydroxylation sites is 2. The van der Waals surface area contributed by atoms with Crippen molar-refractivity contribution in [2.45, 2.75) is 46.2 Å². The number of nitrogens with one attached hydrogen (secondary N) is 3. The quantitative estimate of drug-likeness (QED) is 0.263. The Morgan fingerprint density at radius 3 is 2.30 bits per heavy atom. The third-order valence-electron chi connectivity index (χ3n) is 6.74. The Labute approximate surface area is 257 Å². The Hall–Kier alpha value is -4.26. The lowest BCUT2D eigenvalue weighted by Gasteiger charge is -2.25. The van der Waals surface area contributed by atoms with E-state index in [0.29, 0.717) is 12.3 Å². The molecule has 0 aliphatic carbocycles. The largest absolute Gasteiger partial charge is 0.491 e. The van der Waals surface area contributed by atoms with Gasteiger partial charge in [-0.2, -0.15) is 13.2 Å². The van der Waals surface area contributed by atoms with Crippen LogP contribution in [0, 0.1) is 5.41 Å². The summed E-state index contributed by atoms with van der Waals surface area (Å²) in [4.78, 5) is 51.2. The van der Waals surface area contributed by atoms with Crippen molar-refractivity contribution in [3.63, 3.8) is 0 Å². The fraction of sp³-hybridized carbons (Fsp3) is 0.400. The van der Waals surface area contributed by atoms with Crippen molar-refractivity contribution in [2.75, 3.05) is 25.0 Å². The molecule has 0 saturated carbocycles. The number of hydrogen-bond acceptors (Lipinski definition) is 5. The molecule has 0 saturated heterocycles. The number of carbonyl (C=O) groups is 3. The topological polar surface area (TPSA) is 123 Å². The molecule has 1 aromatic heterocycles. The molecule has 44 heavy (non-hydrogen) atoms. The third-order valence-corrected chi connectivity index (χ3v) is 7.03. The monoisotopic (exact) mass is 637 g/mol. The molecule has 3 N–H and O–H groups in total. The minimum absolute atomic E-state index is 0.0765. The van der Waals surface area contributed by atoms with E-state index in [9.17, 15) is 32.3 Å². The molecule has 0 bridgehead atoms. The van der Waals surface area contributed by atoms with E-state index in [1.807, 2.05) is 5.32 Å². The Bertz CT molecular complexity index is 1570. The van der Waals surface area contributed by atoms with E-state index in [1.54, 1.807) is 69.3 Å². The van der Waals surface area contributed by atoms with Crippen LogP contribution in [0.15, 0.2) is 53.3 Å². The smallest absolute Gasteiger partial charge is 0.471 e. The fourth-order valence-electron chi connectivity index (χ4n) is 4.68. The maximum absolute atomic E-state index is 13.6. The van der Waals surface area contributed by atoms with Crippen LogP contribution in [-0.4, -0.2) is 53.0 Å². The molecule has 0 radical (unpaired) electrons. The molecule has 3 amide bonds. The van der Waals surface area contributed by atoms with Gasteiger partial charge in [0.25, 0.3) is 11.5 Å². The zero-order chi connectivity index (χ0) is 32.8. The van der Waals surface area contributed by atoms with Crippen molar-refractivity contribution in [2.24, 2.45) is 12.5 Å². The number of hydrogen-bond donors (Lipinski definition) is 3. The second kappa shape index (κ2) is 14.0. The second-order valence-electron chi connectivity index (χ2n) is 11.0. The van der Waals surface area contributed by atoms with E-state index in [1.165, 1.54) is 23.3 Å². The molecule has 238 valence electrons. The molecule has 3 rings (SSSR count). The zero-order valence-corrected chi connectivity index (χ0v) is 25.7. The number of rotatable bonds is 12. The summed E-state index contributed by atoms with van der Waals surface area (Å²) in [5.74, 6) is -3.68. The van der Waals surface area contributed by atoms with Gasteiger partial charge in [-0.3, -0.25) is 23.9 Å². The number of halogens is 4. The molecule has 10 nitrogen and oxygen atoms in total. The Morgan fingerprint density at radius 1 is 1.02 bits per heavy atom. The molecule has 0 aliphatic rings. The lowest BCUT2D eigenvalue weighted by atomic mass is 9.88. The zero-order valence-electron chi connectivity index (χ0n) is 25.0. The average Bonchev–Trinajstić information content (AvgIpc) is 3.19. The fourth-order valence-corrected chi connectivity index (χ4v) is 4.91. The molecule has 1 heterocycles. The van der Waals surface area contributed by atoms with Crippen LogP contribution in [0.2, 0.25) is 5.02 Å². The highest BCUT2D eigenvalue weighted by atomic mass is 35.5. The van der Waals surface area contributed by atoms with Crippen LogP contribution in [0.4, 0.5) is 18.9 Å². The molecule has 1 atom stereocenters. The third kappa shape index (κ3) is 8.22. The number of amides is 3. The van der Waals surface area contributed by atoms with Crippen molar-refractivity contribution in [1.82, 2.24) is 20.0 Å². The highest BCUT2D eigenvalue weighted by molar-refractivity contribution is 6.32. The number of anilines is 1. The van der Waals surface area contributed by atoms with E-state index in [4.69, 9.17) is 16.3 Å². The van der Waals surface area contributed by atoms with Crippen molar-refractivity contribution < 1.29 is 32.3 Å². The highest BCUT2D eigenvalue weighted by Crippen LogP contribution is 2.30. The molecule has 14 heteroatoms. The maximum atomic E-state index is 13.6. The first-order valence-electron chi connectivity index (χ1n) is 13.8. The minimum Gasteiger partial charge on any atom is -0.491 e. The van der Waals surface area contributed by atoms with Crippen LogP contribution in [0.25, 0.3) is 5.69 Å². The van der Waals surface area contributed by atoms with Crippen LogP contribution in [0.5, 0.6) is 5.75 Å². The van der Waals surface area contributed by atoms with Gasteiger partial charge < -0.3 is 20.7 Å². The summed E-state index contributed by atoms with van der Waals surface area (Å²) in [6.45, 7) is 6.72. The highest BCUT2D eigenvalue weighted by Gasteiger charge is 2.39. The maximum Gasteiger partial charge on any atom is 0.471 e. The Kier molecular flexibility index (Phi) is 10.9. The first-order chi connectivity index (χ1) is 20.6. The molecule has 0 spiro atoms. The molecule has 0 fully saturated rings. The van der Waals surface area contributed by atoms with Gasteiger partial charge in [-0.25, -0.2) is 4.68 Å². The predicted molar refractivity (Wildman–Crippen MR) is 160 cm³/mol. The van der Waals surface area contributed by atoms with Gasteiger partial charge in [-0.15, -0.1) is 0 Å². The molecular formula is C30H35ClF3N5O5. The van der Waals surface area contributed by atoms with Gasteiger partial charge in [0.15, 0.2) is 5.75 Å². The number of aromatic nitrogens is 2. The SMILES string of the molecule is CCOc1c(Cl)cccc1C(=O)NCC(C)(C)CC(=O)Nc1c(C(C)CNC(=O)C(F)(F)F)n(C)n(-c2ccccc2)c1=O. The predicted octanol–water partition coefficient (Wildman–Crippen LogP) is 4.79. The van der Waals surface area contributed by atoms with Gasteiger partial charge >= 0.3 is 12.1 Å². The van der Waals surface area contributed by atoms with Gasteiger partial charge in [0.1, 0.15) is 5.69 Å². The van der Waals surface area contributed by atoms with E-state index >= 15 is 0 Å². The summed E-state index contributed by atoms with van der Waals surface area (Å²) < 4.78 is 46.6. The molecule has 3 aromatic rings. The van der Waals surface area contributed by atoms with Crippen LogP contribution in [0.1, 0.15) is 56.1 Å². The molecule has 0 aliphatic heterocycles. The summed E-state index contributed by atoms with van der Waals surface area (Å²) in [5, 5.41) is 7.54. The van der Waals surface area contributed by atoms with E-state index in [0.717, 1.165) is 0 Å². The lowest BCUT2D eigenvalue weighted by molar-refractivity contribution is -0.173. The summed E-state index contributed by atoms with van der Waals surface area (Å²) in [6, 6.07) is 13.3. The standard InChI is InChI=1S/C30H35ClF3N5O5/c1-6-44-25-20(13-10-14-21(25)31)26(41)36-17-29(3,4)15-22(40)37-23-24(18(2)16-35-28(43)30(32,33)34)38(5)39(27(23)42)19-11-8-7-9-12-19/h7-14,18H,6,15-17H2,1-5H3,(H,35,43)(H,36,41)(H,37,40). The van der Waals surface area contributed by atoms with Gasteiger partial charge in [0.05, 0.1) is 28.6 Å². The van der Waals surface area contributed by atoms with Gasteiger partial charge in [-0.1, -0.05) is 56.6 Å². The van der Waals surface area contributed by atoms with Crippen LogP contribution in [-0.2, 0) is 16.6 Å². The molecule has 2 aromatic carbocycles. The number of benzene rings is 2. The number of carbonyl (C=O) groups excluding carboxylic acids is 3. The van der Waals surface area contributed by atoms with Crippen LogP contribution in [0.3, 0.4) is 0 Å². The first-order valence-corrected chi connectivity index (χ1v) is 14.2. The Balaban J connectivity index is 1.82. The minimum atomic E-state index is -5.07. The van der Waals surface area contributed by atoms with Crippen molar-refractivity contribution in [3.8, 4) is 11.4 Å². The summed E-state index contributed by atoms with van der Waals surface area (Å²) in [5.41, 5.74) is -0.610. The summed E-state index contributed by atoms with van der Waals surface area (Å²) in [6.07, 6.45) is -5.20. The Morgan fingerprint density at radius 2 is 1.68 bits per heavy atom. The van der Waals surface area contributed by atoms with E-state index < -0.39 is 47.3 Å². The van der Waals surface area contributed by atoms with Gasteiger partial charge in [0.2, 0.25) is 5.91 Å². The van der Waals surface area contributed by atoms with Gasteiger partial charge in [-0.05, 0) is 36.6 Å². The molecular weight excluding hydrogens is 603 g/mol.